The Hall–Kier alpha value is -2.71. The van der Waals surface area contributed by atoms with Crippen LogP contribution < -0.4 is 10.1 Å². The van der Waals surface area contributed by atoms with E-state index in [0.29, 0.717) is 27.9 Å². The Kier molecular flexibility index (Phi) is 7.98. The average molecular weight is 442 g/mol. The highest BCUT2D eigenvalue weighted by molar-refractivity contribution is 8.26. The summed E-state index contributed by atoms with van der Waals surface area (Å²) in [5.74, 6) is 0.681. The molecule has 1 aliphatic rings. The molecule has 2 heterocycles. The SMILES string of the molecule is COc1ccc(/C=C2\SC(=S)N(CCCCCC(=O)Nc3cccnc3)C2=O)cc1. The minimum Gasteiger partial charge on any atom is -0.497 e. The van der Waals surface area contributed by atoms with Gasteiger partial charge in [-0.1, -0.05) is 42.5 Å². The van der Waals surface area contributed by atoms with Gasteiger partial charge in [0.25, 0.3) is 5.91 Å². The van der Waals surface area contributed by atoms with Gasteiger partial charge in [0, 0.05) is 19.2 Å². The Morgan fingerprint density at radius 1 is 1.23 bits per heavy atom. The average Bonchev–Trinajstić information content (AvgIpc) is 3.02. The lowest BCUT2D eigenvalue weighted by Gasteiger charge is -2.14. The van der Waals surface area contributed by atoms with Gasteiger partial charge in [0.15, 0.2) is 0 Å². The number of methoxy groups -OCH3 is 1. The maximum atomic E-state index is 12.7. The number of thiocarbonyl (C=S) groups is 1. The molecule has 0 radical (unpaired) electrons. The number of anilines is 1. The second kappa shape index (κ2) is 10.9. The van der Waals surface area contributed by atoms with Crippen molar-refractivity contribution in [3.8, 4) is 5.75 Å². The molecule has 1 aromatic carbocycles. The number of benzene rings is 1. The molecule has 1 aromatic heterocycles. The number of hydrogen-bond donors (Lipinski definition) is 1. The monoisotopic (exact) mass is 441 g/mol. The van der Waals surface area contributed by atoms with Crippen LogP contribution in [0.1, 0.15) is 31.2 Å². The Morgan fingerprint density at radius 3 is 2.73 bits per heavy atom. The van der Waals surface area contributed by atoms with Crippen LogP contribution in [0.5, 0.6) is 5.75 Å². The molecule has 30 heavy (non-hydrogen) atoms. The maximum absolute atomic E-state index is 12.7. The van der Waals surface area contributed by atoms with E-state index in [1.807, 2.05) is 30.3 Å². The van der Waals surface area contributed by atoms with E-state index in [9.17, 15) is 9.59 Å². The molecule has 0 unspecified atom stereocenters. The van der Waals surface area contributed by atoms with E-state index in [0.717, 1.165) is 30.6 Å². The molecule has 0 atom stereocenters. The molecule has 0 bridgehead atoms. The lowest BCUT2D eigenvalue weighted by atomic mass is 10.1. The fourth-order valence-electron chi connectivity index (χ4n) is 2.94. The quantitative estimate of drug-likeness (QED) is 0.351. The Morgan fingerprint density at radius 2 is 2.03 bits per heavy atom. The molecule has 0 spiro atoms. The molecule has 1 aliphatic heterocycles. The van der Waals surface area contributed by atoms with Gasteiger partial charge < -0.3 is 10.1 Å². The predicted octanol–water partition coefficient (Wildman–Crippen LogP) is 4.49. The van der Waals surface area contributed by atoms with Crippen LogP contribution in [0.15, 0.2) is 53.7 Å². The normalized spacial score (nSPS) is 15.0. The van der Waals surface area contributed by atoms with E-state index < -0.39 is 0 Å². The van der Waals surface area contributed by atoms with Crippen molar-refractivity contribution < 1.29 is 14.3 Å². The number of ether oxygens (including phenoxy) is 1. The van der Waals surface area contributed by atoms with Crippen molar-refractivity contribution in [1.29, 1.82) is 0 Å². The van der Waals surface area contributed by atoms with Gasteiger partial charge in [0.2, 0.25) is 5.91 Å². The standard InChI is InChI=1S/C22H23N3O3S2/c1-28-18-10-8-16(9-11-18)14-19-21(27)25(22(29)30-19)13-4-2-3-7-20(26)24-17-6-5-12-23-15-17/h5-6,8-12,14-15H,2-4,7,13H2,1H3,(H,24,26)/b19-14-. The van der Waals surface area contributed by atoms with E-state index >= 15 is 0 Å². The number of rotatable bonds is 9. The van der Waals surface area contributed by atoms with Crippen LogP contribution >= 0.6 is 24.0 Å². The summed E-state index contributed by atoms with van der Waals surface area (Å²) in [4.78, 5) is 30.9. The zero-order valence-corrected chi connectivity index (χ0v) is 18.3. The minimum atomic E-state index is -0.0601. The van der Waals surface area contributed by atoms with Crippen LogP contribution in [-0.2, 0) is 9.59 Å². The van der Waals surface area contributed by atoms with Crippen LogP contribution in [0.3, 0.4) is 0 Å². The van der Waals surface area contributed by atoms with E-state index in [-0.39, 0.29) is 11.8 Å². The lowest BCUT2D eigenvalue weighted by molar-refractivity contribution is -0.122. The third-order valence-electron chi connectivity index (χ3n) is 4.52. The molecule has 2 aromatic rings. The molecule has 1 saturated heterocycles. The molecule has 0 saturated carbocycles. The van der Waals surface area contributed by atoms with E-state index in [1.54, 1.807) is 36.5 Å². The number of amides is 2. The molecule has 3 rings (SSSR count). The first-order valence-electron chi connectivity index (χ1n) is 9.66. The molecule has 1 N–H and O–H groups in total. The predicted molar refractivity (Wildman–Crippen MR) is 124 cm³/mol. The summed E-state index contributed by atoms with van der Waals surface area (Å²) in [5, 5.41) is 2.82. The number of thioether (sulfide) groups is 1. The Bertz CT molecular complexity index is 930. The van der Waals surface area contributed by atoms with Crippen LogP contribution in [0.4, 0.5) is 5.69 Å². The molecular weight excluding hydrogens is 418 g/mol. The number of nitrogens with zero attached hydrogens (tertiary/aromatic N) is 2. The topological polar surface area (TPSA) is 71.5 Å². The number of carbonyl (C=O) groups is 2. The Labute approximate surface area is 185 Å². The molecule has 6 nitrogen and oxygen atoms in total. The van der Waals surface area contributed by atoms with Crippen molar-refractivity contribution in [2.24, 2.45) is 0 Å². The highest BCUT2D eigenvalue weighted by atomic mass is 32.2. The fraction of sp³-hybridized carbons (Fsp3) is 0.273. The largest absolute Gasteiger partial charge is 0.497 e. The Balaban J connectivity index is 1.42. The zero-order chi connectivity index (χ0) is 21.3. The number of unbranched alkanes of at least 4 members (excludes halogenated alkanes) is 2. The molecule has 1 fully saturated rings. The van der Waals surface area contributed by atoms with Gasteiger partial charge >= 0.3 is 0 Å². The van der Waals surface area contributed by atoms with Crippen LogP contribution in [0, 0.1) is 0 Å². The molecule has 8 heteroatoms. The van der Waals surface area contributed by atoms with Crippen LogP contribution in [-0.4, -0.2) is 39.7 Å². The van der Waals surface area contributed by atoms with Gasteiger partial charge in [0.05, 0.1) is 23.9 Å². The zero-order valence-electron chi connectivity index (χ0n) is 16.7. The smallest absolute Gasteiger partial charge is 0.266 e. The summed E-state index contributed by atoms with van der Waals surface area (Å²) >= 11 is 6.70. The van der Waals surface area contributed by atoms with Crippen molar-refractivity contribution in [2.45, 2.75) is 25.7 Å². The summed E-state index contributed by atoms with van der Waals surface area (Å²) in [7, 11) is 1.62. The second-order valence-electron chi connectivity index (χ2n) is 6.71. The van der Waals surface area contributed by atoms with Crippen molar-refractivity contribution in [1.82, 2.24) is 9.88 Å². The first-order chi connectivity index (χ1) is 14.6. The van der Waals surface area contributed by atoms with Crippen molar-refractivity contribution >= 4 is 51.9 Å². The highest BCUT2D eigenvalue weighted by Crippen LogP contribution is 2.33. The maximum Gasteiger partial charge on any atom is 0.266 e. The van der Waals surface area contributed by atoms with Crippen molar-refractivity contribution in [3.63, 3.8) is 0 Å². The fourth-order valence-corrected chi connectivity index (χ4v) is 4.25. The molecular formula is C22H23N3O3S2. The van der Waals surface area contributed by atoms with Gasteiger partial charge in [-0.25, -0.2) is 0 Å². The number of pyridine rings is 1. The van der Waals surface area contributed by atoms with Crippen LogP contribution in [0.2, 0.25) is 0 Å². The summed E-state index contributed by atoms with van der Waals surface area (Å²) in [6.45, 7) is 0.564. The minimum absolute atomic E-state index is 0.0314. The van der Waals surface area contributed by atoms with Crippen molar-refractivity contribution in [2.75, 3.05) is 19.0 Å². The third kappa shape index (κ3) is 6.14. The summed E-state index contributed by atoms with van der Waals surface area (Å²) < 4.78 is 5.73. The number of nitrogens with one attached hydrogen (secondary N) is 1. The lowest BCUT2D eigenvalue weighted by Crippen LogP contribution is -2.29. The molecule has 0 aliphatic carbocycles. The number of carbonyl (C=O) groups excluding carboxylic acids is 2. The summed E-state index contributed by atoms with van der Waals surface area (Å²) in [6.07, 6.45) is 7.95. The first kappa shape index (κ1) is 22.0. The number of hydrogen-bond acceptors (Lipinski definition) is 6. The molecule has 2 amide bonds. The summed E-state index contributed by atoms with van der Waals surface area (Å²) in [5.41, 5.74) is 1.62. The van der Waals surface area contributed by atoms with Crippen LogP contribution in [0.25, 0.3) is 6.08 Å². The van der Waals surface area contributed by atoms with E-state index in [1.165, 1.54) is 11.8 Å². The third-order valence-corrected chi connectivity index (χ3v) is 5.90. The van der Waals surface area contributed by atoms with E-state index in [2.05, 4.69) is 10.3 Å². The first-order valence-corrected chi connectivity index (χ1v) is 10.9. The van der Waals surface area contributed by atoms with Gasteiger partial charge in [-0.2, -0.15) is 0 Å². The summed E-state index contributed by atoms with van der Waals surface area (Å²) in [6, 6.07) is 11.1. The van der Waals surface area contributed by atoms with Gasteiger partial charge in [-0.3, -0.25) is 19.5 Å². The highest BCUT2D eigenvalue weighted by Gasteiger charge is 2.31. The van der Waals surface area contributed by atoms with E-state index in [4.69, 9.17) is 17.0 Å². The molecule has 156 valence electrons. The van der Waals surface area contributed by atoms with Gasteiger partial charge in [0.1, 0.15) is 10.1 Å². The number of aromatic nitrogens is 1. The van der Waals surface area contributed by atoms with Gasteiger partial charge in [-0.05, 0) is 48.7 Å². The van der Waals surface area contributed by atoms with Crippen molar-refractivity contribution in [3.05, 3.63) is 59.3 Å². The van der Waals surface area contributed by atoms with Gasteiger partial charge in [-0.15, -0.1) is 0 Å². The second-order valence-corrected chi connectivity index (χ2v) is 8.38.